The van der Waals surface area contributed by atoms with Gasteiger partial charge in [-0.1, -0.05) is 6.07 Å². The van der Waals surface area contributed by atoms with Gasteiger partial charge in [-0.05, 0) is 55.5 Å². The minimum absolute atomic E-state index is 0.115. The number of amides is 2. The van der Waals surface area contributed by atoms with Crippen LogP contribution >= 0.6 is 11.3 Å². The Labute approximate surface area is 161 Å². The van der Waals surface area contributed by atoms with E-state index < -0.39 is 15.9 Å². The summed E-state index contributed by atoms with van der Waals surface area (Å²) in [5.74, 6) is -0.725. The Morgan fingerprint density at radius 3 is 2.59 bits per heavy atom. The van der Waals surface area contributed by atoms with Crippen molar-refractivity contribution in [3.63, 3.8) is 0 Å². The van der Waals surface area contributed by atoms with E-state index in [9.17, 15) is 18.0 Å². The molecule has 0 bridgehead atoms. The molecule has 1 aromatic heterocycles. The maximum absolute atomic E-state index is 12.4. The van der Waals surface area contributed by atoms with Gasteiger partial charge in [-0.3, -0.25) is 24.7 Å². The molecule has 1 aliphatic heterocycles. The van der Waals surface area contributed by atoms with Crippen LogP contribution in [0.3, 0.4) is 0 Å². The van der Waals surface area contributed by atoms with Gasteiger partial charge in [0.05, 0.1) is 16.3 Å². The molecule has 2 N–H and O–H groups in total. The first-order chi connectivity index (χ1) is 12.9. The van der Waals surface area contributed by atoms with Crippen molar-refractivity contribution in [2.24, 2.45) is 0 Å². The second-order valence-corrected chi connectivity index (χ2v) is 9.76. The van der Waals surface area contributed by atoms with Crippen LogP contribution in [-0.2, 0) is 22.9 Å². The molecule has 7 nitrogen and oxygen atoms in total. The highest BCUT2D eigenvalue weighted by molar-refractivity contribution is 7.93. The molecule has 2 aromatic rings. The van der Waals surface area contributed by atoms with E-state index in [0.29, 0.717) is 23.5 Å². The van der Waals surface area contributed by atoms with E-state index >= 15 is 0 Å². The molecule has 0 radical (unpaired) electrons. The monoisotopic (exact) mass is 405 g/mol. The molecule has 0 spiro atoms. The summed E-state index contributed by atoms with van der Waals surface area (Å²) in [6.07, 6.45) is 3.70. The molecule has 4 rings (SSSR count). The molecular weight excluding hydrogens is 386 g/mol. The van der Waals surface area contributed by atoms with Crippen molar-refractivity contribution in [3.8, 4) is 0 Å². The van der Waals surface area contributed by atoms with Gasteiger partial charge in [0.1, 0.15) is 0 Å². The number of hydrogen-bond donors (Lipinski definition) is 2. The maximum atomic E-state index is 12.4. The summed E-state index contributed by atoms with van der Waals surface area (Å²) >= 11 is 1.46. The van der Waals surface area contributed by atoms with Crippen molar-refractivity contribution in [1.82, 2.24) is 10.9 Å². The number of nitrogens with zero attached hydrogens (tertiary/aromatic N) is 1. The molecule has 1 aliphatic carbocycles. The van der Waals surface area contributed by atoms with Crippen molar-refractivity contribution >= 4 is 38.9 Å². The summed E-state index contributed by atoms with van der Waals surface area (Å²) < 4.78 is 25.4. The maximum Gasteiger partial charge on any atom is 0.279 e. The van der Waals surface area contributed by atoms with E-state index in [1.165, 1.54) is 32.1 Å². The highest BCUT2D eigenvalue weighted by Crippen LogP contribution is 2.30. The average Bonchev–Trinajstić information content (AvgIpc) is 3.33. The molecule has 9 heteroatoms. The molecule has 2 heterocycles. The average molecular weight is 406 g/mol. The number of hydrogen-bond acceptors (Lipinski definition) is 5. The van der Waals surface area contributed by atoms with E-state index in [1.807, 2.05) is 6.07 Å². The zero-order chi connectivity index (χ0) is 19.0. The lowest BCUT2D eigenvalue weighted by Gasteiger charge is -2.17. The van der Waals surface area contributed by atoms with Gasteiger partial charge in [0, 0.05) is 17.0 Å². The zero-order valence-electron chi connectivity index (χ0n) is 14.5. The largest absolute Gasteiger partial charge is 0.279 e. The highest BCUT2D eigenvalue weighted by atomic mass is 32.2. The Morgan fingerprint density at radius 1 is 1.04 bits per heavy atom. The Kier molecular flexibility index (Phi) is 4.65. The standard InChI is InChI=1S/C18H19N3O4S2/c22-17(19-20-18(23)16-11-12-4-2-7-15(12)26-16)13-5-1-6-14(10-13)21-8-3-9-27(21,24)25/h1,5-6,10-11H,2-4,7-9H2,(H,19,22)(H,20,23). The van der Waals surface area contributed by atoms with Gasteiger partial charge < -0.3 is 0 Å². The van der Waals surface area contributed by atoms with Crippen LogP contribution in [0.25, 0.3) is 0 Å². The third-order valence-corrected chi connectivity index (χ3v) is 7.86. The quantitative estimate of drug-likeness (QED) is 0.762. The van der Waals surface area contributed by atoms with E-state index in [-0.39, 0.29) is 17.2 Å². The van der Waals surface area contributed by atoms with Gasteiger partial charge in [-0.25, -0.2) is 8.42 Å². The molecule has 1 aromatic carbocycles. The molecular formula is C18H19N3O4S2. The van der Waals surface area contributed by atoms with Gasteiger partial charge in [0.25, 0.3) is 11.8 Å². The van der Waals surface area contributed by atoms with E-state index in [1.54, 1.807) is 18.2 Å². The number of sulfonamides is 1. The predicted molar refractivity (Wildman–Crippen MR) is 103 cm³/mol. The molecule has 1 saturated heterocycles. The van der Waals surface area contributed by atoms with Gasteiger partial charge in [0.15, 0.2) is 0 Å². The lowest BCUT2D eigenvalue weighted by Crippen LogP contribution is -2.41. The van der Waals surface area contributed by atoms with Crippen LogP contribution in [0, 0.1) is 0 Å². The Morgan fingerprint density at radius 2 is 1.85 bits per heavy atom. The number of hydrazine groups is 1. The molecule has 1 fully saturated rings. The second kappa shape index (κ2) is 6.97. The number of nitrogens with one attached hydrogen (secondary N) is 2. The first kappa shape index (κ1) is 18.0. The Balaban J connectivity index is 1.42. The molecule has 142 valence electrons. The van der Waals surface area contributed by atoms with Crippen molar-refractivity contribution in [1.29, 1.82) is 0 Å². The highest BCUT2D eigenvalue weighted by Gasteiger charge is 2.28. The summed E-state index contributed by atoms with van der Waals surface area (Å²) in [4.78, 5) is 26.4. The minimum atomic E-state index is -3.31. The van der Waals surface area contributed by atoms with Crippen molar-refractivity contribution in [2.75, 3.05) is 16.6 Å². The predicted octanol–water partition coefficient (Wildman–Crippen LogP) is 1.85. The second-order valence-electron chi connectivity index (χ2n) is 6.61. The lowest BCUT2D eigenvalue weighted by molar-refractivity contribution is 0.0849. The van der Waals surface area contributed by atoms with E-state index in [0.717, 1.165) is 19.3 Å². The van der Waals surface area contributed by atoms with E-state index in [2.05, 4.69) is 10.9 Å². The zero-order valence-corrected chi connectivity index (χ0v) is 16.2. The van der Waals surface area contributed by atoms with Crippen LogP contribution in [0.15, 0.2) is 30.3 Å². The molecule has 0 unspecified atom stereocenters. The number of thiophene rings is 1. The van der Waals surface area contributed by atoms with Crippen LogP contribution in [0.1, 0.15) is 43.3 Å². The van der Waals surface area contributed by atoms with Crippen LogP contribution in [0.2, 0.25) is 0 Å². The van der Waals surface area contributed by atoms with Crippen LogP contribution < -0.4 is 15.2 Å². The number of rotatable bonds is 3. The van der Waals surface area contributed by atoms with Gasteiger partial charge in [-0.2, -0.15) is 0 Å². The third kappa shape index (κ3) is 3.57. The van der Waals surface area contributed by atoms with Crippen molar-refractivity contribution in [3.05, 3.63) is 51.2 Å². The first-order valence-corrected chi connectivity index (χ1v) is 11.2. The van der Waals surface area contributed by atoms with E-state index in [4.69, 9.17) is 0 Å². The van der Waals surface area contributed by atoms with Gasteiger partial charge in [0.2, 0.25) is 10.0 Å². The summed E-state index contributed by atoms with van der Waals surface area (Å²) in [5, 5.41) is 0. The number of carbonyl (C=O) groups excluding carboxylic acids is 2. The van der Waals surface area contributed by atoms with Crippen LogP contribution in [0.4, 0.5) is 5.69 Å². The first-order valence-electron chi connectivity index (χ1n) is 8.77. The van der Waals surface area contributed by atoms with Crippen LogP contribution in [0.5, 0.6) is 0 Å². The number of fused-ring (bicyclic) bond motifs is 1. The number of carbonyl (C=O) groups is 2. The van der Waals surface area contributed by atoms with Crippen molar-refractivity contribution in [2.45, 2.75) is 25.7 Å². The summed E-state index contributed by atoms with van der Waals surface area (Å²) in [6.45, 7) is 0.410. The Bertz CT molecular complexity index is 992. The summed E-state index contributed by atoms with van der Waals surface area (Å²) in [6, 6.07) is 8.26. The van der Waals surface area contributed by atoms with Gasteiger partial charge >= 0.3 is 0 Å². The molecule has 0 atom stereocenters. The number of anilines is 1. The Hall–Kier alpha value is -2.39. The number of benzene rings is 1. The van der Waals surface area contributed by atoms with Crippen LogP contribution in [-0.4, -0.2) is 32.5 Å². The van der Waals surface area contributed by atoms with Gasteiger partial charge in [-0.15, -0.1) is 11.3 Å². The molecule has 2 aliphatic rings. The normalized spacial score (nSPS) is 17.6. The summed E-state index contributed by atoms with van der Waals surface area (Å²) in [5.41, 5.74) is 6.79. The lowest BCUT2D eigenvalue weighted by atomic mass is 10.2. The topological polar surface area (TPSA) is 95.6 Å². The minimum Gasteiger partial charge on any atom is -0.270 e. The third-order valence-electron chi connectivity index (χ3n) is 4.76. The smallest absolute Gasteiger partial charge is 0.270 e. The fourth-order valence-corrected chi connectivity index (χ4v) is 6.13. The summed E-state index contributed by atoms with van der Waals surface area (Å²) in [7, 11) is -3.31. The molecule has 2 amide bonds. The number of aryl methyl sites for hydroxylation is 2. The molecule has 27 heavy (non-hydrogen) atoms. The molecule has 0 saturated carbocycles. The van der Waals surface area contributed by atoms with Crippen molar-refractivity contribution < 1.29 is 18.0 Å². The fourth-order valence-electron chi connectivity index (χ4n) is 3.42. The fraction of sp³-hybridized carbons (Fsp3) is 0.333. The SMILES string of the molecule is O=C(NNC(=O)c1cc2c(s1)CCC2)c1cccc(N2CCCS2(=O)=O)c1.